The minimum Gasteiger partial charge on any atom is -0.476 e. The molecule has 0 aliphatic carbocycles. The largest absolute Gasteiger partial charge is 0.476 e. The zero-order valence-corrected chi connectivity index (χ0v) is 19.3. The number of para-hydroxylation sites is 1. The van der Waals surface area contributed by atoms with Crippen LogP contribution in [0.15, 0.2) is 42.6 Å². The van der Waals surface area contributed by atoms with E-state index in [1.54, 1.807) is 4.90 Å². The van der Waals surface area contributed by atoms with Gasteiger partial charge < -0.3 is 10.1 Å². The lowest BCUT2D eigenvalue weighted by atomic mass is 9.90. The lowest BCUT2D eigenvalue weighted by molar-refractivity contribution is 0.0696. The molecule has 34 heavy (non-hydrogen) atoms. The lowest BCUT2D eigenvalue weighted by Gasteiger charge is -2.38. The maximum atomic E-state index is 15.6. The molecule has 1 atom stereocenters. The SMILES string of the molecule is CC(C)(F)CN1CCc2c([nH]c3ccccc23)C1c1c(F)cc(-c2cnc(C(=O)O)s2)cc1F. The van der Waals surface area contributed by atoms with Crippen LogP contribution >= 0.6 is 11.3 Å². The van der Waals surface area contributed by atoms with Gasteiger partial charge in [0, 0.05) is 41.4 Å². The highest BCUT2D eigenvalue weighted by Crippen LogP contribution is 2.42. The Morgan fingerprint density at radius 1 is 1.26 bits per heavy atom. The van der Waals surface area contributed by atoms with E-state index in [9.17, 15) is 9.18 Å². The third-order valence-corrected chi connectivity index (χ3v) is 7.07. The Kier molecular flexibility index (Phi) is 5.49. The van der Waals surface area contributed by atoms with Crippen LogP contribution < -0.4 is 0 Å². The standard InChI is InChI=1S/C25H22F3N3O2S/c1-25(2,28)12-31-8-7-15-14-5-3-4-6-18(14)30-21(15)22(31)20-16(26)9-13(10-17(20)27)19-11-29-23(34-19)24(32)33/h3-6,9-11,22,30H,7-8,12H2,1-2H3,(H,32,33). The maximum absolute atomic E-state index is 15.6. The first kappa shape index (κ1) is 22.6. The quantitative estimate of drug-likeness (QED) is 0.366. The fourth-order valence-corrected chi connectivity index (χ4v) is 5.51. The molecule has 1 aliphatic rings. The number of alkyl halides is 1. The van der Waals surface area contributed by atoms with Crippen molar-refractivity contribution in [3.05, 3.63) is 76.1 Å². The van der Waals surface area contributed by atoms with E-state index < -0.39 is 29.3 Å². The van der Waals surface area contributed by atoms with Crippen LogP contribution in [0, 0.1) is 11.6 Å². The van der Waals surface area contributed by atoms with Crippen molar-refractivity contribution in [2.75, 3.05) is 13.1 Å². The molecule has 5 rings (SSSR count). The molecule has 0 saturated heterocycles. The van der Waals surface area contributed by atoms with Crippen LogP contribution in [0.3, 0.4) is 0 Å². The van der Waals surface area contributed by atoms with Crippen LogP contribution in [0.2, 0.25) is 0 Å². The highest BCUT2D eigenvalue weighted by atomic mass is 32.1. The second-order valence-electron chi connectivity index (χ2n) is 9.09. The molecule has 1 unspecified atom stereocenters. The number of fused-ring (bicyclic) bond motifs is 3. The van der Waals surface area contributed by atoms with Crippen molar-refractivity contribution in [3.63, 3.8) is 0 Å². The Morgan fingerprint density at radius 3 is 2.62 bits per heavy atom. The van der Waals surface area contributed by atoms with Crippen LogP contribution in [-0.4, -0.2) is 44.7 Å². The van der Waals surface area contributed by atoms with Crippen molar-refractivity contribution >= 4 is 28.2 Å². The third-order valence-electron chi connectivity index (χ3n) is 6.04. The number of hydrogen-bond acceptors (Lipinski definition) is 4. The van der Waals surface area contributed by atoms with Crippen LogP contribution in [0.5, 0.6) is 0 Å². The van der Waals surface area contributed by atoms with E-state index in [1.807, 2.05) is 24.3 Å². The van der Waals surface area contributed by atoms with Gasteiger partial charge in [-0.2, -0.15) is 0 Å². The second kappa shape index (κ2) is 8.25. The van der Waals surface area contributed by atoms with E-state index in [0.29, 0.717) is 23.5 Å². The van der Waals surface area contributed by atoms with Gasteiger partial charge in [0.2, 0.25) is 5.01 Å². The van der Waals surface area contributed by atoms with Gasteiger partial charge in [-0.3, -0.25) is 4.90 Å². The summed E-state index contributed by atoms with van der Waals surface area (Å²) in [7, 11) is 0. The van der Waals surface area contributed by atoms with Crippen molar-refractivity contribution in [2.45, 2.75) is 32.0 Å². The average Bonchev–Trinajstić information content (AvgIpc) is 3.38. The summed E-state index contributed by atoms with van der Waals surface area (Å²) >= 11 is 0.843. The van der Waals surface area contributed by atoms with Crippen molar-refractivity contribution in [1.29, 1.82) is 0 Å². The topological polar surface area (TPSA) is 69.2 Å². The number of carboxylic acid groups (broad SMARTS) is 1. The number of aromatic carboxylic acids is 1. The number of thiazole rings is 1. The van der Waals surface area contributed by atoms with Gasteiger partial charge >= 0.3 is 5.97 Å². The molecule has 5 nitrogen and oxygen atoms in total. The fraction of sp³-hybridized carbons (Fsp3) is 0.280. The van der Waals surface area contributed by atoms with Crippen LogP contribution in [0.1, 0.15) is 46.5 Å². The van der Waals surface area contributed by atoms with Crippen LogP contribution in [0.25, 0.3) is 21.3 Å². The molecule has 2 aromatic heterocycles. The predicted molar refractivity (Wildman–Crippen MR) is 125 cm³/mol. The average molecular weight is 486 g/mol. The maximum Gasteiger partial charge on any atom is 0.365 e. The first-order chi connectivity index (χ1) is 16.1. The number of halogens is 3. The Hall–Kier alpha value is -3.17. The molecule has 0 fully saturated rings. The van der Waals surface area contributed by atoms with Crippen molar-refractivity contribution in [2.24, 2.45) is 0 Å². The molecule has 176 valence electrons. The van der Waals surface area contributed by atoms with E-state index in [1.165, 1.54) is 32.2 Å². The summed E-state index contributed by atoms with van der Waals surface area (Å²) in [6.45, 7) is 3.35. The minimum absolute atomic E-state index is 0.00389. The highest BCUT2D eigenvalue weighted by molar-refractivity contribution is 7.16. The summed E-state index contributed by atoms with van der Waals surface area (Å²) in [5, 5.41) is 9.93. The van der Waals surface area contributed by atoms with Gasteiger partial charge in [-0.1, -0.05) is 18.2 Å². The van der Waals surface area contributed by atoms with Gasteiger partial charge in [-0.25, -0.2) is 22.9 Å². The predicted octanol–water partition coefficient (Wildman–Crippen LogP) is 5.96. The number of benzene rings is 2. The number of carboxylic acids is 1. The summed E-state index contributed by atoms with van der Waals surface area (Å²) < 4.78 is 45.9. The van der Waals surface area contributed by atoms with E-state index in [2.05, 4.69) is 9.97 Å². The molecular formula is C25H22F3N3O2S. The number of nitrogens with one attached hydrogen (secondary N) is 1. The Bertz CT molecular complexity index is 1380. The van der Waals surface area contributed by atoms with Gasteiger partial charge in [-0.15, -0.1) is 11.3 Å². The van der Waals surface area contributed by atoms with Gasteiger partial charge in [0.1, 0.15) is 17.3 Å². The fourth-order valence-electron chi connectivity index (χ4n) is 4.77. The van der Waals surface area contributed by atoms with E-state index in [-0.39, 0.29) is 22.7 Å². The Labute approximate surface area is 197 Å². The molecule has 9 heteroatoms. The molecule has 0 bridgehead atoms. The van der Waals surface area contributed by atoms with Gasteiger partial charge in [-0.05, 0) is 49.6 Å². The monoisotopic (exact) mass is 485 g/mol. The molecule has 1 aliphatic heterocycles. The lowest BCUT2D eigenvalue weighted by Crippen LogP contribution is -2.43. The first-order valence-electron chi connectivity index (χ1n) is 10.8. The summed E-state index contributed by atoms with van der Waals surface area (Å²) in [6.07, 6.45) is 1.92. The smallest absolute Gasteiger partial charge is 0.365 e. The number of aromatic amines is 1. The normalized spacial score (nSPS) is 16.7. The van der Waals surface area contributed by atoms with E-state index in [4.69, 9.17) is 5.11 Å². The van der Waals surface area contributed by atoms with Crippen molar-refractivity contribution < 1.29 is 23.1 Å². The zero-order chi connectivity index (χ0) is 24.2. The first-order valence-corrected chi connectivity index (χ1v) is 11.6. The molecular weight excluding hydrogens is 463 g/mol. The Morgan fingerprint density at radius 2 is 1.97 bits per heavy atom. The van der Waals surface area contributed by atoms with Gasteiger partial charge in [0.05, 0.1) is 10.9 Å². The molecule has 4 aromatic rings. The van der Waals surface area contributed by atoms with Gasteiger partial charge in [0.25, 0.3) is 0 Å². The minimum atomic E-state index is -1.56. The van der Waals surface area contributed by atoms with Gasteiger partial charge in [0.15, 0.2) is 0 Å². The van der Waals surface area contributed by atoms with E-state index in [0.717, 1.165) is 27.8 Å². The number of nitrogens with zero attached hydrogens (tertiary/aromatic N) is 2. The second-order valence-corrected chi connectivity index (χ2v) is 10.1. The Balaban J connectivity index is 1.65. The summed E-state index contributed by atoms with van der Waals surface area (Å²) in [4.78, 5) is 20.4. The highest BCUT2D eigenvalue weighted by Gasteiger charge is 2.38. The molecule has 3 heterocycles. The molecule has 0 saturated carbocycles. The number of aromatic nitrogens is 2. The summed E-state index contributed by atoms with van der Waals surface area (Å²) in [5.74, 6) is -2.76. The van der Waals surface area contributed by atoms with Crippen LogP contribution in [0.4, 0.5) is 13.2 Å². The number of hydrogen-bond donors (Lipinski definition) is 2. The molecule has 0 radical (unpaired) electrons. The zero-order valence-electron chi connectivity index (χ0n) is 18.5. The van der Waals surface area contributed by atoms with Crippen molar-refractivity contribution in [1.82, 2.24) is 14.9 Å². The molecule has 0 amide bonds. The molecule has 2 aromatic carbocycles. The summed E-state index contributed by atoms with van der Waals surface area (Å²) in [5.41, 5.74) is 0.974. The molecule has 2 N–H and O–H groups in total. The number of rotatable bonds is 5. The van der Waals surface area contributed by atoms with Crippen molar-refractivity contribution in [3.8, 4) is 10.4 Å². The van der Waals surface area contributed by atoms with Crippen LogP contribution in [-0.2, 0) is 6.42 Å². The number of carbonyl (C=O) groups is 1. The van der Waals surface area contributed by atoms with E-state index >= 15 is 8.78 Å². The summed E-state index contributed by atoms with van der Waals surface area (Å²) in [6, 6.07) is 9.22. The number of H-pyrrole nitrogens is 1. The molecule has 0 spiro atoms. The third kappa shape index (κ3) is 3.99.